The van der Waals surface area contributed by atoms with Gasteiger partial charge in [0.25, 0.3) is 5.91 Å². The molecule has 1 aromatic heterocycles. The third-order valence-corrected chi connectivity index (χ3v) is 5.01. The second-order valence-corrected chi connectivity index (χ2v) is 6.86. The number of halogens is 1. The average molecular weight is 355 g/mol. The Morgan fingerprint density at radius 2 is 2.00 bits per heavy atom. The van der Waals surface area contributed by atoms with Crippen molar-refractivity contribution in [3.05, 3.63) is 47.2 Å². The summed E-state index contributed by atoms with van der Waals surface area (Å²) in [6.45, 7) is 2.15. The predicted molar refractivity (Wildman–Crippen MR) is 100 cm³/mol. The number of rotatable bonds is 4. The van der Waals surface area contributed by atoms with Gasteiger partial charge in [-0.3, -0.25) is 4.79 Å². The van der Waals surface area contributed by atoms with Crippen molar-refractivity contribution in [3.8, 4) is 0 Å². The molecule has 5 nitrogen and oxygen atoms in total. The van der Waals surface area contributed by atoms with Crippen LogP contribution in [0.4, 0.5) is 5.82 Å². The van der Waals surface area contributed by atoms with Crippen molar-refractivity contribution in [2.75, 3.05) is 18.0 Å². The number of fused-ring (bicyclic) bond motifs is 1. The fourth-order valence-corrected chi connectivity index (χ4v) is 3.64. The van der Waals surface area contributed by atoms with Crippen molar-refractivity contribution >= 4 is 34.9 Å². The highest BCUT2D eigenvalue weighted by molar-refractivity contribution is 6.37. The van der Waals surface area contributed by atoms with Crippen LogP contribution in [0.3, 0.4) is 0 Å². The number of aliphatic imine (C=N–C) groups is 2. The number of amides is 1. The molecular weight excluding hydrogens is 336 g/mol. The maximum absolute atomic E-state index is 12.2. The monoisotopic (exact) mass is 354 g/mol. The van der Waals surface area contributed by atoms with Gasteiger partial charge in [0.15, 0.2) is 0 Å². The Balaban J connectivity index is 1.45. The van der Waals surface area contributed by atoms with Crippen molar-refractivity contribution in [1.29, 1.82) is 0 Å². The number of aromatic nitrogens is 1. The summed E-state index contributed by atoms with van der Waals surface area (Å²) in [5, 5.41) is 0.481. The zero-order valence-electron chi connectivity index (χ0n) is 13.9. The average Bonchev–Trinajstić information content (AvgIpc) is 3.15. The van der Waals surface area contributed by atoms with Crippen molar-refractivity contribution in [2.24, 2.45) is 15.9 Å². The van der Waals surface area contributed by atoms with Gasteiger partial charge in [-0.2, -0.15) is 4.99 Å². The normalized spacial score (nSPS) is 22.4. The van der Waals surface area contributed by atoms with Gasteiger partial charge in [-0.1, -0.05) is 23.7 Å². The number of carbonyl (C=O) groups is 1. The molecule has 4 rings (SSSR count). The number of aryl methyl sites for hydroxylation is 1. The Hall–Kier alpha value is -2.27. The van der Waals surface area contributed by atoms with Crippen LogP contribution in [-0.2, 0) is 11.2 Å². The van der Waals surface area contributed by atoms with Gasteiger partial charge in [0.1, 0.15) is 17.6 Å². The van der Waals surface area contributed by atoms with Gasteiger partial charge in [-0.05, 0) is 43.5 Å². The van der Waals surface area contributed by atoms with Crippen molar-refractivity contribution in [3.63, 3.8) is 0 Å². The number of carbonyl (C=O) groups excluding carboxylic acids is 1. The number of hydrogen-bond acceptors (Lipinski definition) is 4. The van der Waals surface area contributed by atoms with Crippen LogP contribution in [0.25, 0.3) is 0 Å². The summed E-state index contributed by atoms with van der Waals surface area (Å²) in [5.74, 6) is 0.840. The summed E-state index contributed by atoms with van der Waals surface area (Å²) < 4.78 is 0. The SMILES string of the molecule is O=C1N=C(CCc2cccc(N3CCCC3)n2)N=C2C=CC=C(Cl)C12. The van der Waals surface area contributed by atoms with Crippen LogP contribution in [0.15, 0.2) is 51.4 Å². The van der Waals surface area contributed by atoms with Crippen LogP contribution in [0.1, 0.15) is 25.0 Å². The Kier molecular flexibility index (Phi) is 4.49. The van der Waals surface area contributed by atoms with Crippen LogP contribution in [-0.4, -0.2) is 35.5 Å². The smallest absolute Gasteiger partial charge is 0.261 e. The van der Waals surface area contributed by atoms with E-state index in [9.17, 15) is 4.79 Å². The molecule has 25 heavy (non-hydrogen) atoms. The van der Waals surface area contributed by atoms with Crippen LogP contribution < -0.4 is 4.90 Å². The largest absolute Gasteiger partial charge is 0.357 e. The first-order chi connectivity index (χ1) is 12.2. The molecule has 0 saturated carbocycles. The molecule has 3 heterocycles. The van der Waals surface area contributed by atoms with Gasteiger partial charge >= 0.3 is 0 Å². The third kappa shape index (κ3) is 3.42. The molecule has 0 spiro atoms. The van der Waals surface area contributed by atoms with Gasteiger partial charge < -0.3 is 4.90 Å². The van der Waals surface area contributed by atoms with Crippen LogP contribution in [0.2, 0.25) is 0 Å². The number of anilines is 1. The van der Waals surface area contributed by atoms with E-state index in [-0.39, 0.29) is 5.91 Å². The quantitative estimate of drug-likeness (QED) is 0.833. The number of allylic oxidation sites excluding steroid dienone is 3. The fraction of sp³-hybridized carbons (Fsp3) is 0.368. The van der Waals surface area contributed by atoms with Gasteiger partial charge in [0.2, 0.25) is 0 Å². The van der Waals surface area contributed by atoms with Crippen LogP contribution in [0.5, 0.6) is 0 Å². The molecule has 0 radical (unpaired) electrons. The lowest BCUT2D eigenvalue weighted by Gasteiger charge is -2.20. The molecule has 0 bridgehead atoms. The Morgan fingerprint density at radius 1 is 1.16 bits per heavy atom. The van der Waals surface area contributed by atoms with Crippen LogP contribution >= 0.6 is 11.6 Å². The Morgan fingerprint density at radius 3 is 2.84 bits per heavy atom. The van der Waals surface area contributed by atoms with E-state index in [1.807, 2.05) is 24.3 Å². The molecule has 0 N–H and O–H groups in total. The van der Waals surface area contributed by atoms with Crippen molar-refractivity contribution < 1.29 is 4.79 Å². The second-order valence-electron chi connectivity index (χ2n) is 6.43. The third-order valence-electron chi connectivity index (χ3n) is 4.67. The molecule has 2 aliphatic heterocycles. The van der Waals surface area contributed by atoms with E-state index < -0.39 is 5.92 Å². The molecule has 6 heteroatoms. The van der Waals surface area contributed by atoms with E-state index >= 15 is 0 Å². The Labute approximate surface area is 151 Å². The second kappa shape index (κ2) is 6.92. The molecule has 1 aromatic rings. The lowest BCUT2D eigenvalue weighted by Crippen LogP contribution is -2.29. The number of amidine groups is 1. The lowest BCUT2D eigenvalue weighted by atomic mass is 9.96. The molecule has 0 aromatic carbocycles. The molecule has 1 atom stereocenters. The van der Waals surface area contributed by atoms with Crippen molar-refractivity contribution in [2.45, 2.75) is 25.7 Å². The first-order valence-corrected chi connectivity index (χ1v) is 9.03. The van der Waals surface area contributed by atoms with E-state index in [0.29, 0.717) is 29.4 Å². The number of nitrogens with zero attached hydrogens (tertiary/aromatic N) is 4. The molecule has 1 amide bonds. The van der Waals surface area contributed by atoms with Crippen molar-refractivity contribution in [1.82, 2.24) is 4.98 Å². The van der Waals surface area contributed by atoms with E-state index in [1.165, 1.54) is 12.8 Å². The van der Waals surface area contributed by atoms with Gasteiger partial charge in [0, 0.05) is 30.2 Å². The molecule has 1 saturated heterocycles. The number of hydrogen-bond donors (Lipinski definition) is 0. The zero-order valence-corrected chi connectivity index (χ0v) is 14.6. The summed E-state index contributed by atoms with van der Waals surface area (Å²) in [6.07, 6.45) is 9.12. The molecule has 128 valence electrons. The summed E-state index contributed by atoms with van der Waals surface area (Å²) in [4.78, 5) is 27.9. The topological polar surface area (TPSA) is 57.9 Å². The van der Waals surface area contributed by atoms with Gasteiger partial charge in [-0.25, -0.2) is 9.98 Å². The summed E-state index contributed by atoms with van der Waals surface area (Å²) in [7, 11) is 0. The summed E-state index contributed by atoms with van der Waals surface area (Å²) in [5.41, 5.74) is 1.68. The highest BCUT2D eigenvalue weighted by Gasteiger charge is 2.31. The van der Waals surface area contributed by atoms with Gasteiger partial charge in [0.05, 0.1) is 5.71 Å². The first-order valence-electron chi connectivity index (χ1n) is 8.65. The van der Waals surface area contributed by atoms with E-state index in [0.717, 1.165) is 24.6 Å². The summed E-state index contributed by atoms with van der Waals surface area (Å²) in [6, 6.07) is 6.11. The lowest BCUT2D eigenvalue weighted by molar-refractivity contribution is -0.118. The predicted octanol–water partition coefficient (Wildman–Crippen LogP) is 3.30. The highest BCUT2D eigenvalue weighted by Crippen LogP contribution is 2.26. The molecule has 1 unspecified atom stereocenters. The zero-order chi connectivity index (χ0) is 17.2. The summed E-state index contributed by atoms with van der Waals surface area (Å²) >= 11 is 6.11. The van der Waals surface area contributed by atoms with Gasteiger partial charge in [-0.15, -0.1) is 0 Å². The fourth-order valence-electron chi connectivity index (χ4n) is 3.36. The minimum atomic E-state index is -0.521. The van der Waals surface area contributed by atoms with E-state index in [4.69, 9.17) is 16.6 Å². The minimum Gasteiger partial charge on any atom is -0.357 e. The minimum absolute atomic E-state index is 0.232. The molecular formula is C19H19ClN4O. The first kappa shape index (κ1) is 16.2. The number of pyridine rings is 1. The maximum atomic E-state index is 12.2. The molecule has 1 aliphatic carbocycles. The van der Waals surface area contributed by atoms with Crippen LogP contribution in [0, 0.1) is 5.92 Å². The van der Waals surface area contributed by atoms with E-state index in [1.54, 1.807) is 6.08 Å². The highest BCUT2D eigenvalue weighted by atomic mass is 35.5. The Bertz CT molecular complexity index is 818. The molecule has 1 fully saturated rings. The maximum Gasteiger partial charge on any atom is 0.261 e. The standard InChI is InChI=1S/C19H19ClN4O/c20-14-6-4-7-15-18(14)19(25)23-16(22-15)10-9-13-5-3-8-17(21-13)24-11-1-2-12-24/h3-8,18H,1-2,9-12H2. The molecule has 3 aliphatic rings. The van der Waals surface area contributed by atoms with E-state index in [2.05, 4.69) is 21.0 Å².